The van der Waals surface area contributed by atoms with Crippen LogP contribution in [-0.4, -0.2) is 70.1 Å². The molecule has 1 aromatic rings. The molecular weight excluding hydrogens is 513 g/mol. The largest absolute Gasteiger partial charge is 0.381 e. The lowest BCUT2D eigenvalue weighted by atomic mass is 10.0. The molecule has 2 aliphatic heterocycles. The third kappa shape index (κ3) is 9.23. The van der Waals surface area contributed by atoms with Crippen molar-refractivity contribution in [2.24, 2.45) is 10.9 Å². The number of ether oxygens (including phenoxy) is 2. The van der Waals surface area contributed by atoms with E-state index in [-0.39, 0.29) is 24.0 Å². The predicted molar refractivity (Wildman–Crippen MR) is 136 cm³/mol. The zero-order valence-corrected chi connectivity index (χ0v) is 21.4. The first-order chi connectivity index (χ1) is 14.3. The maximum Gasteiger partial charge on any atom is 0.191 e. The Morgan fingerprint density at radius 3 is 2.87 bits per heavy atom. The summed E-state index contributed by atoms with van der Waals surface area (Å²) in [5, 5.41) is 10.1. The summed E-state index contributed by atoms with van der Waals surface area (Å²) in [6.45, 7) is 10.3. The number of rotatable bonds is 11. The Hall–Kier alpha value is -0.650. The summed E-state index contributed by atoms with van der Waals surface area (Å²) in [5.41, 5.74) is 1.17. The zero-order chi connectivity index (χ0) is 20.2. The monoisotopic (exact) mass is 551 g/mol. The number of nitrogens with one attached hydrogen (secondary N) is 2. The van der Waals surface area contributed by atoms with Gasteiger partial charge < -0.3 is 25.0 Å². The maximum absolute atomic E-state index is 5.82. The van der Waals surface area contributed by atoms with Crippen molar-refractivity contribution in [1.82, 2.24) is 15.6 Å². The molecule has 2 N–H and O–H groups in total. The fraction of sp³-hybridized carbons (Fsp3) is 0.810. The highest BCUT2D eigenvalue weighted by molar-refractivity contribution is 14.0. The lowest BCUT2D eigenvalue weighted by Gasteiger charge is -2.21. The molecule has 0 atom stereocenters. The summed E-state index contributed by atoms with van der Waals surface area (Å²) in [6, 6.07) is 0. The fourth-order valence-corrected chi connectivity index (χ4v) is 4.55. The first-order valence-corrected chi connectivity index (χ1v) is 12.1. The molecule has 0 saturated carbocycles. The van der Waals surface area contributed by atoms with Gasteiger partial charge in [-0.1, -0.05) is 0 Å². The number of hydrogen-bond donors (Lipinski definition) is 2. The van der Waals surface area contributed by atoms with Crippen LogP contribution >= 0.6 is 35.3 Å². The maximum atomic E-state index is 5.82. The van der Waals surface area contributed by atoms with Crippen molar-refractivity contribution in [3.63, 3.8) is 0 Å². The molecule has 0 unspecified atom stereocenters. The smallest absolute Gasteiger partial charge is 0.191 e. The molecule has 30 heavy (non-hydrogen) atoms. The van der Waals surface area contributed by atoms with Crippen molar-refractivity contribution >= 4 is 46.4 Å². The van der Waals surface area contributed by atoms with Crippen LogP contribution in [0.25, 0.3) is 0 Å². The van der Waals surface area contributed by atoms with E-state index < -0.39 is 0 Å². The van der Waals surface area contributed by atoms with Crippen LogP contribution < -0.4 is 15.5 Å². The van der Waals surface area contributed by atoms with Gasteiger partial charge in [-0.3, -0.25) is 4.99 Å². The van der Waals surface area contributed by atoms with E-state index in [9.17, 15) is 0 Å². The average molecular weight is 552 g/mol. The van der Waals surface area contributed by atoms with E-state index in [1.54, 1.807) is 11.3 Å². The van der Waals surface area contributed by atoms with E-state index in [0.29, 0.717) is 5.92 Å². The van der Waals surface area contributed by atoms with Crippen molar-refractivity contribution in [3.8, 4) is 0 Å². The standard InChI is InChI=1S/C21H37N5O2S.HI/c1-2-22-20(23-9-5-13-28-16-18-7-14-27-15-8-18)24-10-6-19-17-29-21(25-19)26-11-3-4-12-26;/h17-18H,2-16H2,1H3,(H2,22,23,24);1H. The van der Waals surface area contributed by atoms with Gasteiger partial charge in [-0.25, -0.2) is 4.98 Å². The minimum absolute atomic E-state index is 0. The van der Waals surface area contributed by atoms with E-state index in [4.69, 9.17) is 14.5 Å². The van der Waals surface area contributed by atoms with E-state index in [0.717, 1.165) is 90.8 Å². The first kappa shape index (κ1) is 25.6. The van der Waals surface area contributed by atoms with Crippen LogP contribution in [-0.2, 0) is 15.9 Å². The van der Waals surface area contributed by atoms with Crippen molar-refractivity contribution in [1.29, 1.82) is 0 Å². The van der Waals surface area contributed by atoms with Gasteiger partial charge in [0.15, 0.2) is 11.1 Å². The minimum atomic E-state index is 0. The van der Waals surface area contributed by atoms with Crippen molar-refractivity contribution in [2.75, 3.05) is 64.1 Å². The Morgan fingerprint density at radius 1 is 1.30 bits per heavy atom. The summed E-state index contributed by atoms with van der Waals surface area (Å²) in [6.07, 6.45) is 6.71. The van der Waals surface area contributed by atoms with Gasteiger partial charge in [-0.15, -0.1) is 35.3 Å². The second-order valence-electron chi connectivity index (χ2n) is 7.74. The number of anilines is 1. The van der Waals surface area contributed by atoms with Crippen molar-refractivity contribution in [3.05, 3.63) is 11.1 Å². The number of halogens is 1. The molecule has 3 rings (SSSR count). The summed E-state index contributed by atoms with van der Waals surface area (Å²) in [7, 11) is 0. The first-order valence-electron chi connectivity index (χ1n) is 11.2. The second kappa shape index (κ2) is 15.2. The van der Waals surface area contributed by atoms with Gasteiger partial charge in [0, 0.05) is 71.0 Å². The normalized spacial score (nSPS) is 17.8. The minimum Gasteiger partial charge on any atom is -0.381 e. The average Bonchev–Trinajstić information content (AvgIpc) is 3.43. The molecule has 9 heteroatoms. The number of hydrogen-bond acceptors (Lipinski definition) is 6. The Balaban J connectivity index is 0.00000320. The van der Waals surface area contributed by atoms with Crippen LogP contribution in [0.4, 0.5) is 5.13 Å². The van der Waals surface area contributed by atoms with Gasteiger partial charge in [0.05, 0.1) is 5.69 Å². The van der Waals surface area contributed by atoms with Gasteiger partial charge in [0.2, 0.25) is 0 Å². The van der Waals surface area contributed by atoms with Crippen LogP contribution in [0.2, 0.25) is 0 Å². The van der Waals surface area contributed by atoms with Crippen molar-refractivity contribution in [2.45, 2.75) is 45.4 Å². The van der Waals surface area contributed by atoms with Crippen LogP contribution in [0.5, 0.6) is 0 Å². The molecule has 0 bridgehead atoms. The quantitative estimate of drug-likeness (QED) is 0.191. The lowest BCUT2D eigenvalue weighted by molar-refractivity contribution is 0.0205. The third-order valence-corrected chi connectivity index (χ3v) is 6.30. The Labute approximate surface area is 202 Å². The molecule has 0 spiro atoms. The second-order valence-corrected chi connectivity index (χ2v) is 8.57. The Morgan fingerprint density at radius 2 is 2.10 bits per heavy atom. The number of guanidine groups is 1. The molecule has 3 heterocycles. The molecular formula is C21H38IN5O2S. The van der Waals surface area contributed by atoms with Crippen LogP contribution in [0.3, 0.4) is 0 Å². The highest BCUT2D eigenvalue weighted by atomic mass is 127. The predicted octanol–water partition coefficient (Wildman–Crippen LogP) is 3.29. The molecule has 0 radical (unpaired) electrons. The van der Waals surface area contributed by atoms with E-state index in [1.165, 1.54) is 23.7 Å². The van der Waals surface area contributed by atoms with Gasteiger partial charge in [0.25, 0.3) is 0 Å². The number of thiazole rings is 1. The van der Waals surface area contributed by atoms with E-state index >= 15 is 0 Å². The van der Waals surface area contributed by atoms with Crippen molar-refractivity contribution < 1.29 is 9.47 Å². The van der Waals surface area contributed by atoms with Gasteiger partial charge >= 0.3 is 0 Å². The highest BCUT2D eigenvalue weighted by Gasteiger charge is 2.15. The summed E-state index contributed by atoms with van der Waals surface area (Å²) < 4.78 is 11.2. The Bertz CT molecular complexity index is 604. The molecule has 7 nitrogen and oxygen atoms in total. The van der Waals surface area contributed by atoms with Crippen LogP contribution in [0.1, 0.15) is 44.7 Å². The van der Waals surface area contributed by atoms with Crippen LogP contribution in [0, 0.1) is 5.92 Å². The van der Waals surface area contributed by atoms with Gasteiger partial charge in [0.1, 0.15) is 0 Å². The van der Waals surface area contributed by atoms with Crippen LogP contribution in [0.15, 0.2) is 10.4 Å². The zero-order valence-electron chi connectivity index (χ0n) is 18.2. The molecule has 2 saturated heterocycles. The molecule has 2 aliphatic rings. The SMILES string of the molecule is CCNC(=NCCCOCC1CCOCC1)NCCc1csc(N2CCCC2)n1.I. The van der Waals surface area contributed by atoms with Gasteiger partial charge in [-0.2, -0.15) is 0 Å². The Kier molecular flexibility index (Phi) is 13.0. The molecule has 0 aliphatic carbocycles. The number of nitrogens with zero attached hydrogens (tertiary/aromatic N) is 3. The lowest BCUT2D eigenvalue weighted by Crippen LogP contribution is -2.38. The number of aromatic nitrogens is 1. The third-order valence-electron chi connectivity index (χ3n) is 5.35. The summed E-state index contributed by atoms with van der Waals surface area (Å²) >= 11 is 1.77. The molecule has 0 amide bonds. The molecule has 172 valence electrons. The topological polar surface area (TPSA) is 71.0 Å². The molecule has 0 aromatic carbocycles. The van der Waals surface area contributed by atoms with E-state index in [2.05, 4.69) is 32.8 Å². The highest BCUT2D eigenvalue weighted by Crippen LogP contribution is 2.24. The fourth-order valence-electron chi connectivity index (χ4n) is 3.64. The van der Waals surface area contributed by atoms with Gasteiger partial charge in [-0.05, 0) is 44.9 Å². The number of aliphatic imine (C=N–C) groups is 1. The molecule has 2 fully saturated rings. The van der Waals surface area contributed by atoms with E-state index in [1.807, 2.05) is 0 Å². The summed E-state index contributed by atoms with van der Waals surface area (Å²) in [4.78, 5) is 11.9. The summed E-state index contributed by atoms with van der Waals surface area (Å²) in [5.74, 6) is 1.55. The molecule has 1 aromatic heterocycles.